The maximum Gasteiger partial charge on any atom is 0.416 e. The molecule has 1 aromatic rings. The predicted molar refractivity (Wildman–Crippen MR) is 55.6 cm³/mol. The van der Waals surface area contributed by atoms with Gasteiger partial charge in [0.2, 0.25) is 0 Å². The van der Waals surface area contributed by atoms with E-state index in [-0.39, 0.29) is 19.0 Å². The predicted octanol–water partition coefficient (Wildman–Crippen LogP) is 1.52. The van der Waals surface area contributed by atoms with Crippen LogP contribution in [0.25, 0.3) is 0 Å². The number of pyridine rings is 1. The van der Waals surface area contributed by atoms with Gasteiger partial charge in [0, 0.05) is 12.7 Å². The third-order valence-corrected chi connectivity index (χ3v) is 1.88. The molecule has 1 rings (SSSR count). The Morgan fingerprint density at radius 3 is 2.76 bits per heavy atom. The van der Waals surface area contributed by atoms with E-state index in [2.05, 4.69) is 10.3 Å². The second kappa shape index (κ2) is 6.41. The zero-order chi connectivity index (χ0) is 12.7. The summed E-state index contributed by atoms with van der Waals surface area (Å²) < 4.78 is 42.0. The first-order valence-electron chi connectivity index (χ1n) is 5.00. The van der Waals surface area contributed by atoms with Crippen molar-refractivity contribution in [3.05, 3.63) is 23.9 Å². The minimum Gasteiger partial charge on any atom is -0.394 e. The molecule has 0 saturated heterocycles. The van der Waals surface area contributed by atoms with Crippen molar-refractivity contribution in [1.29, 1.82) is 0 Å². The number of nitrogens with one attached hydrogen (secondary N) is 1. The van der Waals surface area contributed by atoms with Crippen molar-refractivity contribution in [3.63, 3.8) is 0 Å². The Hall–Kier alpha value is -1.34. The van der Waals surface area contributed by atoms with Gasteiger partial charge in [0.1, 0.15) is 5.82 Å². The standard InChI is InChI=1S/C10H13F3N2O2/c11-10(12,13)8-1-2-14-9(7-8)15-3-5-17-6-4-16/h1-2,7,16H,3-6H2,(H,14,15). The zero-order valence-electron chi connectivity index (χ0n) is 9.00. The molecule has 0 saturated carbocycles. The van der Waals surface area contributed by atoms with Gasteiger partial charge in [-0.1, -0.05) is 0 Å². The molecule has 0 aliphatic carbocycles. The number of hydrogen-bond donors (Lipinski definition) is 2. The third kappa shape index (κ3) is 5.01. The number of rotatable bonds is 6. The molecule has 0 amide bonds. The lowest BCUT2D eigenvalue weighted by Gasteiger charge is -2.09. The average Bonchev–Trinajstić information content (AvgIpc) is 2.28. The number of aliphatic hydroxyl groups is 1. The summed E-state index contributed by atoms with van der Waals surface area (Å²) in [7, 11) is 0. The van der Waals surface area contributed by atoms with Crippen molar-refractivity contribution in [2.45, 2.75) is 6.18 Å². The SMILES string of the molecule is OCCOCCNc1cc(C(F)(F)F)ccn1. The molecule has 0 radical (unpaired) electrons. The topological polar surface area (TPSA) is 54.4 Å². The summed E-state index contributed by atoms with van der Waals surface area (Å²) in [6.07, 6.45) is -3.27. The average molecular weight is 250 g/mol. The fraction of sp³-hybridized carbons (Fsp3) is 0.500. The highest BCUT2D eigenvalue weighted by Crippen LogP contribution is 2.29. The molecule has 1 heterocycles. The van der Waals surface area contributed by atoms with Gasteiger partial charge in [-0.15, -0.1) is 0 Å². The highest BCUT2D eigenvalue weighted by Gasteiger charge is 2.30. The molecule has 1 aromatic heterocycles. The lowest BCUT2D eigenvalue weighted by atomic mass is 10.2. The summed E-state index contributed by atoms with van der Waals surface area (Å²) in [5.74, 6) is 0.146. The van der Waals surface area contributed by atoms with E-state index in [0.717, 1.165) is 18.3 Å². The second-order valence-electron chi connectivity index (χ2n) is 3.19. The van der Waals surface area contributed by atoms with Crippen molar-refractivity contribution in [1.82, 2.24) is 4.98 Å². The van der Waals surface area contributed by atoms with Crippen LogP contribution in [-0.4, -0.2) is 36.5 Å². The molecule has 0 aliphatic heterocycles. The molecule has 17 heavy (non-hydrogen) atoms. The Labute approximate surface area is 96.4 Å². The maximum atomic E-state index is 12.3. The molecule has 0 spiro atoms. The van der Waals surface area contributed by atoms with E-state index in [4.69, 9.17) is 9.84 Å². The molecule has 2 N–H and O–H groups in total. The Balaban J connectivity index is 2.44. The van der Waals surface area contributed by atoms with Crippen LogP contribution in [0.2, 0.25) is 0 Å². The van der Waals surface area contributed by atoms with E-state index < -0.39 is 11.7 Å². The fourth-order valence-corrected chi connectivity index (χ4v) is 1.12. The quantitative estimate of drug-likeness (QED) is 0.752. The number of anilines is 1. The van der Waals surface area contributed by atoms with Gasteiger partial charge in [0.05, 0.1) is 25.4 Å². The van der Waals surface area contributed by atoms with Crippen LogP contribution >= 0.6 is 0 Å². The van der Waals surface area contributed by atoms with E-state index in [1.165, 1.54) is 0 Å². The zero-order valence-corrected chi connectivity index (χ0v) is 9.00. The van der Waals surface area contributed by atoms with Gasteiger partial charge in [-0.3, -0.25) is 0 Å². The van der Waals surface area contributed by atoms with Crippen molar-refractivity contribution in [3.8, 4) is 0 Å². The van der Waals surface area contributed by atoms with Crippen LogP contribution in [0.1, 0.15) is 5.56 Å². The maximum absolute atomic E-state index is 12.3. The summed E-state index contributed by atoms with van der Waals surface area (Å²) >= 11 is 0. The molecule has 0 atom stereocenters. The lowest BCUT2D eigenvalue weighted by molar-refractivity contribution is -0.137. The summed E-state index contributed by atoms with van der Waals surface area (Å²) in [5, 5.41) is 11.1. The normalized spacial score (nSPS) is 11.5. The molecule has 0 unspecified atom stereocenters. The molecular formula is C10H13F3N2O2. The van der Waals surface area contributed by atoms with Gasteiger partial charge in [-0.05, 0) is 12.1 Å². The number of aliphatic hydroxyl groups excluding tert-OH is 1. The Bertz CT molecular complexity index is 345. The third-order valence-electron chi connectivity index (χ3n) is 1.88. The molecular weight excluding hydrogens is 237 g/mol. The molecule has 0 bridgehead atoms. The van der Waals surface area contributed by atoms with Crippen LogP contribution in [0.5, 0.6) is 0 Å². The monoisotopic (exact) mass is 250 g/mol. The Morgan fingerprint density at radius 2 is 2.12 bits per heavy atom. The van der Waals surface area contributed by atoms with E-state index in [1.54, 1.807) is 0 Å². The van der Waals surface area contributed by atoms with Crippen LogP contribution in [0, 0.1) is 0 Å². The first-order valence-corrected chi connectivity index (χ1v) is 5.00. The van der Waals surface area contributed by atoms with E-state index in [9.17, 15) is 13.2 Å². The summed E-state index contributed by atoms with van der Waals surface area (Å²) in [5.41, 5.74) is -0.744. The van der Waals surface area contributed by atoms with Gasteiger partial charge in [0.25, 0.3) is 0 Å². The van der Waals surface area contributed by atoms with Crippen molar-refractivity contribution < 1.29 is 23.0 Å². The second-order valence-corrected chi connectivity index (χ2v) is 3.19. The smallest absolute Gasteiger partial charge is 0.394 e. The number of hydrogen-bond acceptors (Lipinski definition) is 4. The number of alkyl halides is 3. The van der Waals surface area contributed by atoms with Crippen LogP contribution in [0.4, 0.5) is 19.0 Å². The number of aromatic nitrogens is 1. The van der Waals surface area contributed by atoms with Crippen LogP contribution in [0.3, 0.4) is 0 Å². The van der Waals surface area contributed by atoms with Gasteiger partial charge in [-0.25, -0.2) is 4.98 Å². The van der Waals surface area contributed by atoms with Crippen molar-refractivity contribution >= 4 is 5.82 Å². The molecule has 4 nitrogen and oxygen atoms in total. The number of nitrogens with zero attached hydrogens (tertiary/aromatic N) is 1. The van der Waals surface area contributed by atoms with Gasteiger partial charge < -0.3 is 15.2 Å². The molecule has 0 aliphatic rings. The number of ether oxygens (including phenoxy) is 1. The minimum absolute atomic E-state index is 0.0815. The fourth-order valence-electron chi connectivity index (χ4n) is 1.12. The van der Waals surface area contributed by atoms with Crippen LogP contribution in [0.15, 0.2) is 18.3 Å². The minimum atomic E-state index is -4.37. The summed E-state index contributed by atoms with van der Waals surface area (Å²) in [6.45, 7) is 0.742. The Morgan fingerprint density at radius 1 is 1.35 bits per heavy atom. The molecule has 96 valence electrons. The highest BCUT2D eigenvalue weighted by atomic mass is 19.4. The van der Waals surface area contributed by atoms with Crippen molar-refractivity contribution in [2.75, 3.05) is 31.7 Å². The summed E-state index contributed by atoms with van der Waals surface area (Å²) in [6, 6.07) is 1.85. The van der Waals surface area contributed by atoms with E-state index in [0.29, 0.717) is 13.2 Å². The molecule has 0 aromatic carbocycles. The largest absolute Gasteiger partial charge is 0.416 e. The first-order chi connectivity index (χ1) is 8.04. The highest BCUT2D eigenvalue weighted by molar-refractivity contribution is 5.38. The van der Waals surface area contributed by atoms with E-state index in [1.807, 2.05) is 0 Å². The number of halogens is 3. The Kier molecular flexibility index (Phi) is 5.17. The van der Waals surface area contributed by atoms with E-state index >= 15 is 0 Å². The van der Waals surface area contributed by atoms with Gasteiger partial charge in [0.15, 0.2) is 0 Å². The van der Waals surface area contributed by atoms with Crippen LogP contribution in [-0.2, 0) is 10.9 Å². The summed E-state index contributed by atoms with van der Waals surface area (Å²) in [4.78, 5) is 3.75. The molecule has 0 fully saturated rings. The van der Waals surface area contributed by atoms with Gasteiger partial charge >= 0.3 is 6.18 Å². The van der Waals surface area contributed by atoms with Crippen molar-refractivity contribution in [2.24, 2.45) is 0 Å². The molecule has 7 heteroatoms. The lowest BCUT2D eigenvalue weighted by Crippen LogP contribution is -2.13. The van der Waals surface area contributed by atoms with Gasteiger partial charge in [-0.2, -0.15) is 13.2 Å². The first kappa shape index (κ1) is 13.7. The van der Waals surface area contributed by atoms with Crippen LogP contribution < -0.4 is 5.32 Å².